The lowest BCUT2D eigenvalue weighted by Crippen LogP contribution is -2.11. The molecule has 1 heterocycles. The number of nitrogens with zero attached hydrogens (tertiary/aromatic N) is 1. The maximum Gasteiger partial charge on any atom is 0.255 e. The van der Waals surface area contributed by atoms with Gasteiger partial charge in [0.1, 0.15) is 10.8 Å². The summed E-state index contributed by atoms with van der Waals surface area (Å²) in [7, 11) is 0. The largest absolute Gasteiger partial charge is 0.494 e. The molecular weight excluding hydrogens is 392 g/mol. The Balaban J connectivity index is 1.53. The van der Waals surface area contributed by atoms with Crippen molar-refractivity contribution in [3.8, 4) is 16.3 Å². The molecule has 0 unspecified atom stereocenters. The van der Waals surface area contributed by atoms with Crippen LogP contribution in [0.15, 0.2) is 66.7 Å². The molecule has 140 valence electrons. The minimum atomic E-state index is -0.202. The van der Waals surface area contributed by atoms with Crippen molar-refractivity contribution in [3.05, 3.63) is 77.3 Å². The summed E-state index contributed by atoms with van der Waals surface area (Å²) >= 11 is 8.07. The molecule has 4 aromatic rings. The molecule has 0 saturated heterocycles. The topological polar surface area (TPSA) is 51.2 Å². The Labute approximate surface area is 171 Å². The standard InChI is InChI=1S/C22H17ClN2O2S/c1-2-27-16-10-7-14(8-11-16)21(26)24-15-9-12-17(18(23)13-15)22-25-19-5-3-4-6-20(19)28-22/h3-13H,2H2,1H3,(H,24,26). The maximum absolute atomic E-state index is 12.5. The first-order valence-electron chi connectivity index (χ1n) is 8.84. The summed E-state index contributed by atoms with van der Waals surface area (Å²) in [5, 5.41) is 4.28. The van der Waals surface area contributed by atoms with Crippen LogP contribution in [0.2, 0.25) is 5.02 Å². The lowest BCUT2D eigenvalue weighted by atomic mass is 10.1. The Morgan fingerprint density at radius 1 is 1.11 bits per heavy atom. The number of amides is 1. The van der Waals surface area contributed by atoms with Crippen molar-refractivity contribution >= 4 is 44.7 Å². The lowest BCUT2D eigenvalue weighted by Gasteiger charge is -2.08. The lowest BCUT2D eigenvalue weighted by molar-refractivity contribution is 0.102. The van der Waals surface area contributed by atoms with Gasteiger partial charge in [-0.2, -0.15) is 0 Å². The number of aromatic nitrogens is 1. The van der Waals surface area contributed by atoms with Gasteiger partial charge in [-0.1, -0.05) is 23.7 Å². The second kappa shape index (κ2) is 8.00. The summed E-state index contributed by atoms with van der Waals surface area (Å²) in [6.45, 7) is 2.51. The fraction of sp³-hybridized carbons (Fsp3) is 0.0909. The molecule has 4 nitrogen and oxygen atoms in total. The second-order valence-electron chi connectivity index (χ2n) is 6.09. The Bertz CT molecular complexity index is 1110. The number of thiazole rings is 1. The van der Waals surface area contributed by atoms with Gasteiger partial charge in [0, 0.05) is 16.8 Å². The Hall–Kier alpha value is -2.89. The van der Waals surface area contributed by atoms with Crippen molar-refractivity contribution in [3.63, 3.8) is 0 Å². The van der Waals surface area contributed by atoms with E-state index in [2.05, 4.69) is 10.3 Å². The third-order valence-electron chi connectivity index (χ3n) is 4.18. The van der Waals surface area contributed by atoms with Crippen LogP contribution in [0.3, 0.4) is 0 Å². The average molecular weight is 409 g/mol. The van der Waals surface area contributed by atoms with Crippen LogP contribution in [0.4, 0.5) is 5.69 Å². The van der Waals surface area contributed by atoms with E-state index >= 15 is 0 Å². The summed E-state index contributed by atoms with van der Waals surface area (Å²) in [5.41, 5.74) is 2.98. The Kier molecular flexibility index (Phi) is 5.28. The van der Waals surface area contributed by atoms with E-state index in [9.17, 15) is 4.79 Å². The number of fused-ring (bicyclic) bond motifs is 1. The van der Waals surface area contributed by atoms with Gasteiger partial charge in [0.25, 0.3) is 5.91 Å². The normalized spacial score (nSPS) is 10.8. The molecule has 28 heavy (non-hydrogen) atoms. The number of para-hydroxylation sites is 1. The summed E-state index contributed by atoms with van der Waals surface area (Å²) in [5.74, 6) is 0.536. The minimum absolute atomic E-state index is 0.202. The van der Waals surface area contributed by atoms with Gasteiger partial charge >= 0.3 is 0 Å². The Morgan fingerprint density at radius 2 is 1.89 bits per heavy atom. The Morgan fingerprint density at radius 3 is 2.61 bits per heavy atom. The van der Waals surface area contributed by atoms with E-state index in [1.165, 1.54) is 0 Å². The molecule has 1 amide bonds. The SMILES string of the molecule is CCOc1ccc(C(=O)Nc2ccc(-c3nc4ccccc4s3)c(Cl)c2)cc1. The summed E-state index contributed by atoms with van der Waals surface area (Å²) in [6.07, 6.45) is 0. The monoisotopic (exact) mass is 408 g/mol. The van der Waals surface area contributed by atoms with Crippen LogP contribution in [-0.4, -0.2) is 17.5 Å². The van der Waals surface area contributed by atoms with Crippen molar-refractivity contribution in [2.45, 2.75) is 6.92 Å². The molecule has 0 atom stereocenters. The average Bonchev–Trinajstić information content (AvgIpc) is 3.12. The number of benzene rings is 3. The highest BCUT2D eigenvalue weighted by molar-refractivity contribution is 7.21. The molecule has 0 aliphatic carbocycles. The van der Waals surface area contributed by atoms with Gasteiger partial charge in [0.15, 0.2) is 0 Å². The predicted molar refractivity (Wildman–Crippen MR) is 116 cm³/mol. The molecule has 1 N–H and O–H groups in total. The number of hydrogen-bond acceptors (Lipinski definition) is 4. The van der Waals surface area contributed by atoms with Crippen LogP contribution in [0, 0.1) is 0 Å². The van der Waals surface area contributed by atoms with E-state index in [1.807, 2.05) is 43.3 Å². The first-order valence-corrected chi connectivity index (χ1v) is 10.0. The van der Waals surface area contributed by atoms with Crippen molar-refractivity contribution in [1.82, 2.24) is 4.98 Å². The van der Waals surface area contributed by atoms with Crippen molar-refractivity contribution in [2.75, 3.05) is 11.9 Å². The van der Waals surface area contributed by atoms with E-state index in [0.29, 0.717) is 22.9 Å². The molecule has 4 rings (SSSR count). The number of rotatable bonds is 5. The predicted octanol–water partition coefficient (Wildman–Crippen LogP) is 6.27. The molecule has 0 aliphatic rings. The number of hydrogen-bond donors (Lipinski definition) is 1. The van der Waals surface area contributed by atoms with Gasteiger partial charge in [0.2, 0.25) is 0 Å². The molecule has 0 spiro atoms. The van der Waals surface area contributed by atoms with E-state index in [0.717, 1.165) is 26.5 Å². The molecule has 0 saturated carbocycles. The first kappa shape index (κ1) is 18.5. The molecule has 0 fully saturated rings. The summed E-state index contributed by atoms with van der Waals surface area (Å²) in [6, 6.07) is 20.5. The smallest absolute Gasteiger partial charge is 0.255 e. The zero-order chi connectivity index (χ0) is 19.5. The highest BCUT2D eigenvalue weighted by Crippen LogP contribution is 2.35. The quantitative estimate of drug-likeness (QED) is 0.423. The van der Waals surface area contributed by atoms with Crippen LogP contribution < -0.4 is 10.1 Å². The van der Waals surface area contributed by atoms with E-state index in [4.69, 9.17) is 16.3 Å². The number of carbonyl (C=O) groups is 1. The van der Waals surface area contributed by atoms with Crippen molar-refractivity contribution in [1.29, 1.82) is 0 Å². The second-order valence-corrected chi connectivity index (χ2v) is 7.53. The molecule has 3 aromatic carbocycles. The summed E-state index contributed by atoms with van der Waals surface area (Å²) in [4.78, 5) is 17.1. The fourth-order valence-electron chi connectivity index (χ4n) is 2.83. The maximum atomic E-state index is 12.5. The van der Waals surface area contributed by atoms with Crippen molar-refractivity contribution < 1.29 is 9.53 Å². The molecule has 0 bridgehead atoms. The van der Waals surface area contributed by atoms with Crippen LogP contribution in [0.5, 0.6) is 5.75 Å². The van der Waals surface area contributed by atoms with Gasteiger partial charge in [-0.15, -0.1) is 11.3 Å². The van der Waals surface area contributed by atoms with Crippen LogP contribution in [0.1, 0.15) is 17.3 Å². The van der Waals surface area contributed by atoms with Gasteiger partial charge < -0.3 is 10.1 Å². The van der Waals surface area contributed by atoms with Gasteiger partial charge in [0.05, 0.1) is 21.8 Å². The highest BCUT2D eigenvalue weighted by atomic mass is 35.5. The molecule has 0 radical (unpaired) electrons. The zero-order valence-electron chi connectivity index (χ0n) is 15.1. The zero-order valence-corrected chi connectivity index (χ0v) is 16.7. The number of ether oxygens (including phenoxy) is 1. The summed E-state index contributed by atoms with van der Waals surface area (Å²) < 4.78 is 6.51. The number of anilines is 1. The van der Waals surface area contributed by atoms with Gasteiger partial charge in [-0.3, -0.25) is 4.79 Å². The number of nitrogens with one attached hydrogen (secondary N) is 1. The van der Waals surface area contributed by atoms with Gasteiger partial charge in [-0.05, 0) is 61.5 Å². The van der Waals surface area contributed by atoms with Crippen LogP contribution >= 0.6 is 22.9 Å². The molecule has 1 aromatic heterocycles. The molecule has 6 heteroatoms. The number of halogens is 1. The van der Waals surface area contributed by atoms with E-state index in [-0.39, 0.29) is 5.91 Å². The molecule has 0 aliphatic heterocycles. The van der Waals surface area contributed by atoms with Crippen LogP contribution in [0.25, 0.3) is 20.8 Å². The third-order valence-corrected chi connectivity index (χ3v) is 5.56. The number of carbonyl (C=O) groups excluding carboxylic acids is 1. The van der Waals surface area contributed by atoms with E-state index < -0.39 is 0 Å². The third kappa shape index (κ3) is 3.86. The minimum Gasteiger partial charge on any atom is -0.494 e. The molecular formula is C22H17ClN2O2S. The highest BCUT2D eigenvalue weighted by Gasteiger charge is 2.12. The van der Waals surface area contributed by atoms with Gasteiger partial charge in [-0.25, -0.2) is 4.98 Å². The van der Waals surface area contributed by atoms with Crippen molar-refractivity contribution in [2.24, 2.45) is 0 Å². The fourth-order valence-corrected chi connectivity index (χ4v) is 4.16. The van der Waals surface area contributed by atoms with Crippen LogP contribution in [-0.2, 0) is 0 Å². The first-order chi connectivity index (χ1) is 13.6. The van der Waals surface area contributed by atoms with E-state index in [1.54, 1.807) is 41.7 Å².